The number of carbonyl (C=O) groups excluding carboxylic acids is 2. The van der Waals surface area contributed by atoms with Gasteiger partial charge in [0.15, 0.2) is 0 Å². The van der Waals surface area contributed by atoms with Crippen LogP contribution in [-0.2, 0) is 19.1 Å². The van der Waals surface area contributed by atoms with Crippen LogP contribution in [0, 0.1) is 5.41 Å². The van der Waals surface area contributed by atoms with E-state index in [-0.39, 0.29) is 6.61 Å². The molecule has 0 fully saturated rings. The zero-order valence-corrected chi connectivity index (χ0v) is 12.6. The average molecular weight is 276 g/mol. The van der Waals surface area contributed by atoms with Crippen molar-refractivity contribution < 1.29 is 28.7 Å². The summed E-state index contributed by atoms with van der Waals surface area (Å²) in [6, 6.07) is 0. The zero-order valence-electron chi connectivity index (χ0n) is 12.6. The van der Waals surface area contributed by atoms with Gasteiger partial charge in [-0.3, -0.25) is 9.59 Å². The van der Waals surface area contributed by atoms with E-state index in [1.54, 1.807) is 0 Å². The van der Waals surface area contributed by atoms with Gasteiger partial charge in [-0.25, -0.2) is 0 Å². The molecule has 0 aromatic carbocycles. The van der Waals surface area contributed by atoms with E-state index in [1.807, 2.05) is 0 Å². The summed E-state index contributed by atoms with van der Waals surface area (Å²) in [7, 11) is 6.17. The van der Waals surface area contributed by atoms with Gasteiger partial charge in [-0.15, -0.1) is 0 Å². The molecule has 0 spiro atoms. The van der Waals surface area contributed by atoms with E-state index < -0.39 is 24.0 Å². The number of esters is 2. The van der Waals surface area contributed by atoms with Crippen LogP contribution in [0.5, 0.6) is 0 Å². The second kappa shape index (κ2) is 7.45. The van der Waals surface area contributed by atoms with E-state index in [9.17, 15) is 14.7 Å². The van der Waals surface area contributed by atoms with Crippen LogP contribution in [0.15, 0.2) is 0 Å². The average Bonchev–Trinajstić information content (AvgIpc) is 2.30. The van der Waals surface area contributed by atoms with Crippen LogP contribution in [0.2, 0.25) is 0 Å². The minimum atomic E-state index is -1.19. The molecule has 1 atom stereocenters. The van der Waals surface area contributed by atoms with Crippen molar-refractivity contribution in [2.75, 3.05) is 47.5 Å². The van der Waals surface area contributed by atoms with E-state index in [4.69, 9.17) is 9.47 Å². The number of carbonyl (C=O) groups is 2. The Balaban J connectivity index is 4.17. The normalized spacial score (nSPS) is 14.6. The lowest BCUT2D eigenvalue weighted by atomic mass is 9.93. The maximum Gasteiger partial charge on any atom is 0.317 e. The third-order valence-electron chi connectivity index (χ3n) is 2.64. The molecule has 0 saturated heterocycles. The maximum absolute atomic E-state index is 11.9. The fourth-order valence-corrected chi connectivity index (χ4v) is 1.31. The Morgan fingerprint density at radius 2 is 1.79 bits per heavy atom. The summed E-state index contributed by atoms with van der Waals surface area (Å²) in [5.74, 6) is -1.03. The summed E-state index contributed by atoms with van der Waals surface area (Å²) in [5, 5.41) is 9.26. The molecule has 0 amide bonds. The van der Waals surface area contributed by atoms with Crippen LogP contribution in [-0.4, -0.2) is 69.0 Å². The second-order valence-electron chi connectivity index (χ2n) is 6.00. The first-order chi connectivity index (χ1) is 8.60. The molecule has 0 radical (unpaired) electrons. The van der Waals surface area contributed by atoms with Gasteiger partial charge in [0.2, 0.25) is 0 Å². The highest BCUT2D eigenvalue weighted by molar-refractivity contribution is 5.77. The molecule has 0 rings (SSSR count). The molecular weight excluding hydrogens is 250 g/mol. The fourth-order valence-electron chi connectivity index (χ4n) is 1.31. The molecule has 19 heavy (non-hydrogen) atoms. The van der Waals surface area contributed by atoms with Crippen molar-refractivity contribution in [3.8, 4) is 0 Å². The van der Waals surface area contributed by atoms with Gasteiger partial charge < -0.3 is 19.1 Å². The Kier molecular flexibility index (Phi) is 7.00. The highest BCUT2D eigenvalue weighted by atomic mass is 16.6. The van der Waals surface area contributed by atoms with E-state index in [1.165, 1.54) is 13.8 Å². The van der Waals surface area contributed by atoms with Crippen LogP contribution < -0.4 is 0 Å². The number of nitrogens with zero attached hydrogens (tertiary/aromatic N) is 1. The summed E-state index contributed by atoms with van der Waals surface area (Å²) >= 11 is 0. The van der Waals surface area contributed by atoms with Gasteiger partial charge >= 0.3 is 11.9 Å². The molecule has 0 bridgehead atoms. The van der Waals surface area contributed by atoms with Gasteiger partial charge in [-0.1, -0.05) is 0 Å². The van der Waals surface area contributed by atoms with Gasteiger partial charge in [-0.2, -0.15) is 0 Å². The number of quaternary nitrogens is 1. The van der Waals surface area contributed by atoms with Crippen LogP contribution in [0.4, 0.5) is 0 Å². The molecule has 0 aliphatic heterocycles. The number of rotatable bonds is 8. The highest BCUT2D eigenvalue weighted by Gasteiger charge is 2.36. The molecule has 0 aromatic rings. The minimum absolute atomic E-state index is 0.174. The van der Waals surface area contributed by atoms with E-state index in [0.29, 0.717) is 6.61 Å². The van der Waals surface area contributed by atoms with E-state index in [0.717, 1.165) is 17.4 Å². The molecule has 0 aromatic heterocycles. The highest BCUT2D eigenvalue weighted by Crippen LogP contribution is 2.18. The monoisotopic (exact) mass is 276 g/mol. The first-order valence-corrected chi connectivity index (χ1v) is 6.33. The van der Waals surface area contributed by atoms with Crippen LogP contribution in [0.1, 0.15) is 20.3 Å². The first-order valence-electron chi connectivity index (χ1n) is 6.33. The Bertz CT molecular complexity index is 311. The number of aliphatic hydroxyl groups excluding tert-OH is 1. The molecule has 0 aliphatic carbocycles. The van der Waals surface area contributed by atoms with Gasteiger partial charge in [0.1, 0.15) is 12.0 Å². The Hall–Kier alpha value is -1.14. The van der Waals surface area contributed by atoms with Crippen molar-refractivity contribution >= 4 is 11.9 Å². The number of hydrogen-bond donors (Lipinski definition) is 1. The Morgan fingerprint density at radius 3 is 2.21 bits per heavy atom. The Morgan fingerprint density at radius 1 is 1.21 bits per heavy atom. The molecule has 6 heteroatoms. The maximum atomic E-state index is 11.9. The summed E-state index contributed by atoms with van der Waals surface area (Å²) in [6.45, 7) is 3.35. The van der Waals surface area contributed by atoms with E-state index >= 15 is 0 Å². The number of ether oxygens (including phenoxy) is 2. The van der Waals surface area contributed by atoms with Crippen molar-refractivity contribution in [1.29, 1.82) is 0 Å². The quantitative estimate of drug-likeness (QED) is 0.389. The third kappa shape index (κ3) is 7.79. The standard InChI is InChI=1S/C13H26NO5/c1-11(16)19-10-13(2,9-15)12(17)18-8-6-7-14(3,4)5/h15H,6-10H2,1-5H3/q+1. The van der Waals surface area contributed by atoms with E-state index in [2.05, 4.69) is 21.1 Å². The summed E-state index contributed by atoms with van der Waals surface area (Å²) < 4.78 is 10.7. The molecule has 1 N–H and O–H groups in total. The summed E-state index contributed by atoms with van der Waals surface area (Å²) in [5.41, 5.74) is -1.19. The first kappa shape index (κ1) is 17.9. The molecule has 112 valence electrons. The van der Waals surface area contributed by atoms with Crippen LogP contribution in [0.3, 0.4) is 0 Å². The number of hydrogen-bond acceptors (Lipinski definition) is 5. The van der Waals surface area contributed by atoms with Crippen molar-refractivity contribution in [3.63, 3.8) is 0 Å². The molecule has 1 unspecified atom stereocenters. The Labute approximate surface area is 114 Å². The smallest absolute Gasteiger partial charge is 0.317 e. The predicted molar refractivity (Wildman–Crippen MR) is 70.3 cm³/mol. The fraction of sp³-hybridized carbons (Fsp3) is 0.846. The van der Waals surface area contributed by atoms with Gasteiger partial charge in [0.25, 0.3) is 0 Å². The molecule has 6 nitrogen and oxygen atoms in total. The topological polar surface area (TPSA) is 72.8 Å². The lowest BCUT2D eigenvalue weighted by Crippen LogP contribution is -2.39. The lowest BCUT2D eigenvalue weighted by Gasteiger charge is -2.26. The molecular formula is C13H26NO5+. The molecule has 0 saturated carbocycles. The van der Waals surface area contributed by atoms with Crippen LogP contribution >= 0.6 is 0 Å². The van der Waals surface area contributed by atoms with Crippen molar-refractivity contribution in [2.24, 2.45) is 5.41 Å². The summed E-state index contributed by atoms with van der Waals surface area (Å²) in [6.07, 6.45) is 0.740. The van der Waals surface area contributed by atoms with Crippen molar-refractivity contribution in [1.82, 2.24) is 0 Å². The van der Waals surface area contributed by atoms with Gasteiger partial charge in [-0.05, 0) is 6.92 Å². The van der Waals surface area contributed by atoms with Crippen molar-refractivity contribution in [2.45, 2.75) is 20.3 Å². The SMILES string of the molecule is CC(=O)OCC(C)(CO)C(=O)OCCC[N+](C)(C)C. The van der Waals surface area contributed by atoms with Crippen LogP contribution in [0.25, 0.3) is 0 Å². The largest absolute Gasteiger partial charge is 0.465 e. The van der Waals surface area contributed by atoms with Crippen molar-refractivity contribution in [3.05, 3.63) is 0 Å². The predicted octanol–water partition coefficient (Wildman–Crippen LogP) is 0.188. The zero-order chi connectivity index (χ0) is 15.1. The lowest BCUT2D eigenvalue weighted by molar-refractivity contribution is -0.870. The molecule has 0 heterocycles. The third-order valence-corrected chi connectivity index (χ3v) is 2.64. The molecule has 0 aliphatic rings. The second-order valence-corrected chi connectivity index (χ2v) is 6.00. The minimum Gasteiger partial charge on any atom is -0.465 e. The number of aliphatic hydroxyl groups is 1. The van der Waals surface area contributed by atoms with Gasteiger partial charge in [0, 0.05) is 13.3 Å². The summed E-state index contributed by atoms with van der Waals surface area (Å²) in [4.78, 5) is 22.6. The van der Waals surface area contributed by atoms with Gasteiger partial charge in [0.05, 0.1) is 40.9 Å².